The van der Waals surface area contributed by atoms with Crippen molar-refractivity contribution in [3.63, 3.8) is 0 Å². The minimum Gasteiger partial charge on any atom is -0.505 e. The molecule has 0 radical (unpaired) electrons. The Morgan fingerprint density at radius 1 is 1.12 bits per heavy atom. The van der Waals surface area contributed by atoms with Crippen molar-refractivity contribution < 1.29 is 19.4 Å². The van der Waals surface area contributed by atoms with Gasteiger partial charge >= 0.3 is 0 Å². The Kier molecular flexibility index (Phi) is 8.19. The summed E-state index contributed by atoms with van der Waals surface area (Å²) in [6.45, 7) is 9.78. The molecule has 0 bridgehead atoms. The predicted octanol–water partition coefficient (Wildman–Crippen LogP) is 4.40. The lowest BCUT2D eigenvalue weighted by atomic mass is 9.86. The SMILES string of the molecule is CC(=O)CCCSc1ccc2nn(-c3cc(OCCNC(C)=O)cc(C(C)(C)C)c3O)nc2c1. The quantitative estimate of drug-likeness (QED) is 0.324. The highest BCUT2D eigenvalue weighted by Crippen LogP contribution is 2.38. The van der Waals surface area contributed by atoms with Gasteiger partial charge in [-0.15, -0.1) is 26.8 Å². The highest BCUT2D eigenvalue weighted by molar-refractivity contribution is 7.99. The summed E-state index contributed by atoms with van der Waals surface area (Å²) in [6, 6.07) is 9.37. The number of phenolic OH excluding ortho intramolecular Hbond substituents is 1. The molecule has 182 valence electrons. The third-order valence-corrected chi connectivity index (χ3v) is 6.21. The molecular formula is C25H32N4O4S. The van der Waals surface area contributed by atoms with Crippen LogP contribution in [0.3, 0.4) is 0 Å². The first-order chi connectivity index (χ1) is 16.0. The van der Waals surface area contributed by atoms with Gasteiger partial charge in [0.05, 0.1) is 6.54 Å². The number of thioether (sulfide) groups is 1. The van der Waals surface area contributed by atoms with Gasteiger partial charge in [0.25, 0.3) is 0 Å². The summed E-state index contributed by atoms with van der Waals surface area (Å²) in [7, 11) is 0. The van der Waals surface area contributed by atoms with Crippen LogP contribution < -0.4 is 10.1 Å². The van der Waals surface area contributed by atoms with Gasteiger partial charge in [-0.25, -0.2) is 0 Å². The lowest BCUT2D eigenvalue weighted by Gasteiger charge is -2.23. The van der Waals surface area contributed by atoms with Crippen LogP contribution in [0.25, 0.3) is 16.7 Å². The van der Waals surface area contributed by atoms with Gasteiger partial charge in [-0.05, 0) is 48.8 Å². The molecule has 2 N–H and O–H groups in total. The second-order valence-electron chi connectivity index (χ2n) is 9.21. The Hall–Kier alpha value is -3.07. The van der Waals surface area contributed by atoms with Crippen molar-refractivity contribution in [3.05, 3.63) is 35.9 Å². The lowest BCUT2D eigenvalue weighted by Crippen LogP contribution is -2.25. The van der Waals surface area contributed by atoms with E-state index in [4.69, 9.17) is 4.74 Å². The summed E-state index contributed by atoms with van der Waals surface area (Å²) in [6.07, 6.45) is 1.42. The van der Waals surface area contributed by atoms with Crippen molar-refractivity contribution >= 4 is 34.5 Å². The van der Waals surface area contributed by atoms with Gasteiger partial charge < -0.3 is 20.0 Å². The minimum absolute atomic E-state index is 0.0980. The zero-order valence-electron chi connectivity index (χ0n) is 20.3. The molecule has 1 amide bonds. The molecule has 0 aliphatic heterocycles. The van der Waals surface area contributed by atoms with Crippen LogP contribution in [0.2, 0.25) is 0 Å². The number of carbonyl (C=O) groups excluding carboxylic acids is 2. The van der Waals surface area contributed by atoms with Gasteiger partial charge in [-0.2, -0.15) is 0 Å². The summed E-state index contributed by atoms with van der Waals surface area (Å²) < 4.78 is 5.85. The average Bonchev–Trinajstić information content (AvgIpc) is 3.17. The van der Waals surface area contributed by atoms with Gasteiger partial charge in [-0.3, -0.25) is 4.79 Å². The van der Waals surface area contributed by atoms with Crippen LogP contribution in [0, 0.1) is 0 Å². The second kappa shape index (κ2) is 10.9. The topological polar surface area (TPSA) is 106 Å². The van der Waals surface area contributed by atoms with Crippen molar-refractivity contribution in [1.82, 2.24) is 20.3 Å². The lowest BCUT2D eigenvalue weighted by molar-refractivity contribution is -0.119. The van der Waals surface area contributed by atoms with Gasteiger partial charge in [0.1, 0.15) is 40.6 Å². The van der Waals surface area contributed by atoms with Crippen molar-refractivity contribution in [2.45, 2.75) is 57.8 Å². The summed E-state index contributed by atoms with van der Waals surface area (Å²) >= 11 is 1.68. The summed E-state index contributed by atoms with van der Waals surface area (Å²) in [5.74, 6) is 1.60. The van der Waals surface area contributed by atoms with Crippen molar-refractivity contribution in [3.8, 4) is 17.2 Å². The third kappa shape index (κ3) is 6.72. The van der Waals surface area contributed by atoms with E-state index in [1.807, 2.05) is 45.0 Å². The summed E-state index contributed by atoms with van der Waals surface area (Å²) in [5.41, 5.74) is 2.22. The smallest absolute Gasteiger partial charge is 0.216 e. The number of phenols is 1. The van der Waals surface area contributed by atoms with E-state index in [2.05, 4.69) is 15.5 Å². The standard InChI is InChI=1S/C25H32N4O4S/c1-16(30)7-6-12-34-19-8-9-21-22(15-19)28-29(27-21)23-14-18(33-11-10-26-17(2)31)13-20(24(23)32)25(3,4)5/h8-9,13-15,32H,6-7,10-12H2,1-5H3,(H,26,31). The second-order valence-corrected chi connectivity index (χ2v) is 10.4. The van der Waals surface area contributed by atoms with E-state index in [1.165, 1.54) is 11.7 Å². The number of hydrogen-bond donors (Lipinski definition) is 2. The molecule has 8 nitrogen and oxygen atoms in total. The molecule has 1 heterocycles. The number of amides is 1. The van der Waals surface area contributed by atoms with Crippen LogP contribution in [0.15, 0.2) is 35.2 Å². The third-order valence-electron chi connectivity index (χ3n) is 5.13. The number of benzene rings is 2. The first-order valence-corrected chi connectivity index (χ1v) is 12.3. The molecule has 9 heteroatoms. The van der Waals surface area contributed by atoms with E-state index in [0.29, 0.717) is 47.6 Å². The van der Waals surface area contributed by atoms with E-state index < -0.39 is 0 Å². The molecule has 3 aromatic rings. The number of ketones is 1. The van der Waals surface area contributed by atoms with Crippen LogP contribution in [-0.4, -0.2) is 50.7 Å². The Labute approximate surface area is 204 Å². The van der Waals surface area contributed by atoms with Crippen LogP contribution in [0.1, 0.15) is 53.0 Å². The van der Waals surface area contributed by atoms with Gasteiger partial charge in [0.2, 0.25) is 5.91 Å². The van der Waals surface area contributed by atoms with E-state index >= 15 is 0 Å². The highest BCUT2D eigenvalue weighted by atomic mass is 32.2. The molecule has 0 aliphatic carbocycles. The van der Waals surface area contributed by atoms with Gasteiger partial charge in [-0.1, -0.05) is 20.8 Å². The number of nitrogens with zero attached hydrogens (tertiary/aromatic N) is 3. The normalized spacial score (nSPS) is 11.6. The maximum absolute atomic E-state index is 11.1. The highest BCUT2D eigenvalue weighted by Gasteiger charge is 2.24. The summed E-state index contributed by atoms with van der Waals surface area (Å²) in [5, 5.41) is 23.0. The number of Topliss-reactive ketones (excluding diaryl/α,β-unsaturated/α-hetero) is 1. The van der Waals surface area contributed by atoms with E-state index in [1.54, 1.807) is 24.8 Å². The fraction of sp³-hybridized carbons (Fsp3) is 0.440. The Bertz CT molecular complexity index is 1180. The summed E-state index contributed by atoms with van der Waals surface area (Å²) in [4.78, 5) is 24.7. The predicted molar refractivity (Wildman–Crippen MR) is 134 cm³/mol. The first-order valence-electron chi connectivity index (χ1n) is 11.3. The average molecular weight is 485 g/mol. The molecule has 0 saturated heterocycles. The Balaban J connectivity index is 1.88. The zero-order chi connectivity index (χ0) is 24.9. The van der Waals surface area contributed by atoms with Crippen molar-refractivity contribution in [2.75, 3.05) is 18.9 Å². The number of carbonyl (C=O) groups is 2. The number of fused-ring (bicyclic) bond motifs is 1. The largest absolute Gasteiger partial charge is 0.505 e. The zero-order valence-corrected chi connectivity index (χ0v) is 21.2. The fourth-order valence-electron chi connectivity index (χ4n) is 3.40. The number of nitrogens with one attached hydrogen (secondary N) is 1. The molecule has 0 aliphatic rings. The van der Waals surface area contributed by atoms with Gasteiger partial charge in [0.15, 0.2) is 0 Å². The van der Waals surface area contributed by atoms with Crippen LogP contribution >= 0.6 is 11.8 Å². The van der Waals surface area contributed by atoms with Crippen LogP contribution in [-0.2, 0) is 15.0 Å². The van der Waals surface area contributed by atoms with E-state index in [0.717, 1.165) is 17.1 Å². The maximum Gasteiger partial charge on any atom is 0.216 e. The number of aromatic hydroxyl groups is 1. The number of ether oxygens (including phenoxy) is 1. The van der Waals surface area contributed by atoms with Crippen molar-refractivity contribution in [1.29, 1.82) is 0 Å². The van der Waals surface area contributed by atoms with E-state index in [-0.39, 0.29) is 22.9 Å². The molecule has 1 aromatic heterocycles. The van der Waals surface area contributed by atoms with E-state index in [9.17, 15) is 14.7 Å². The molecule has 0 atom stereocenters. The number of aromatic nitrogens is 3. The fourth-order valence-corrected chi connectivity index (χ4v) is 4.28. The monoisotopic (exact) mass is 484 g/mol. The number of rotatable bonds is 10. The Morgan fingerprint density at radius 2 is 1.85 bits per heavy atom. The molecule has 0 unspecified atom stereocenters. The maximum atomic E-state index is 11.1. The molecule has 34 heavy (non-hydrogen) atoms. The molecule has 0 fully saturated rings. The Morgan fingerprint density at radius 3 is 2.53 bits per heavy atom. The molecule has 2 aromatic carbocycles. The van der Waals surface area contributed by atoms with Crippen molar-refractivity contribution in [2.24, 2.45) is 0 Å². The van der Waals surface area contributed by atoms with Crippen LogP contribution in [0.5, 0.6) is 11.5 Å². The minimum atomic E-state index is -0.341. The number of hydrogen-bond acceptors (Lipinski definition) is 7. The molecule has 0 spiro atoms. The first kappa shape index (κ1) is 25.6. The van der Waals surface area contributed by atoms with Gasteiger partial charge in [0, 0.05) is 29.9 Å². The molecule has 0 saturated carbocycles. The molecular weight excluding hydrogens is 452 g/mol. The molecule has 3 rings (SSSR count). The van der Waals surface area contributed by atoms with Crippen LogP contribution in [0.4, 0.5) is 0 Å².